The van der Waals surface area contributed by atoms with E-state index in [1.54, 1.807) is 0 Å². The van der Waals surface area contributed by atoms with E-state index in [1.165, 1.54) is 5.56 Å². The monoisotopic (exact) mass is 692 g/mol. The molecule has 0 radical (unpaired) electrons. The Morgan fingerprint density at radius 1 is 0.352 bits per heavy atom. The van der Waals surface area contributed by atoms with E-state index in [1.807, 2.05) is 72.8 Å². The molecule has 0 amide bonds. The fraction of sp³-hybridized carbons (Fsp3) is 0. The Bertz CT molecular complexity index is 2850. The minimum atomic E-state index is 0.577. The van der Waals surface area contributed by atoms with Crippen molar-refractivity contribution in [1.29, 1.82) is 0 Å². The normalized spacial score (nSPS) is 11.3. The van der Waals surface area contributed by atoms with Crippen molar-refractivity contribution in [3.8, 4) is 45.3 Å². The standard InChI is InChI=1S/C49H32N4O/c1-5-15-33(16-6-1)34-25-28-39(29-26-34)53(38-22-11-4-12-23-38)43-32-31-42(44-41-30-27-35-17-13-14-24-40(35)45(41)54-46(43)44)49-51-47(36-18-7-2-8-19-36)50-48(52-49)37-20-9-3-10-21-37/h1-32H. The van der Waals surface area contributed by atoms with Crippen LogP contribution in [0.15, 0.2) is 199 Å². The Labute approximate surface area is 312 Å². The van der Waals surface area contributed by atoms with Gasteiger partial charge in [0.25, 0.3) is 0 Å². The van der Waals surface area contributed by atoms with E-state index in [9.17, 15) is 0 Å². The summed E-state index contributed by atoms with van der Waals surface area (Å²) >= 11 is 0. The van der Waals surface area contributed by atoms with E-state index in [0.717, 1.165) is 72.0 Å². The Morgan fingerprint density at radius 2 is 0.870 bits per heavy atom. The molecule has 2 aromatic heterocycles. The van der Waals surface area contributed by atoms with E-state index < -0.39 is 0 Å². The molecule has 8 aromatic carbocycles. The predicted molar refractivity (Wildman–Crippen MR) is 221 cm³/mol. The van der Waals surface area contributed by atoms with Crippen LogP contribution < -0.4 is 4.90 Å². The van der Waals surface area contributed by atoms with Crippen LogP contribution in [-0.4, -0.2) is 15.0 Å². The van der Waals surface area contributed by atoms with Crippen LogP contribution in [0.1, 0.15) is 0 Å². The molecule has 0 saturated carbocycles. The number of furan rings is 1. The number of anilines is 3. The number of para-hydroxylation sites is 1. The van der Waals surface area contributed by atoms with Gasteiger partial charge in [0.05, 0.1) is 5.69 Å². The average Bonchev–Trinajstić information content (AvgIpc) is 3.66. The third-order valence-electron chi connectivity index (χ3n) is 9.92. The molecule has 0 fully saturated rings. The van der Waals surface area contributed by atoms with Crippen LogP contribution in [0.3, 0.4) is 0 Å². The number of hydrogen-bond acceptors (Lipinski definition) is 5. The smallest absolute Gasteiger partial charge is 0.164 e. The Morgan fingerprint density at radius 3 is 1.52 bits per heavy atom. The third kappa shape index (κ3) is 5.56. The molecule has 0 bridgehead atoms. The summed E-state index contributed by atoms with van der Waals surface area (Å²) < 4.78 is 7.09. The highest BCUT2D eigenvalue weighted by atomic mass is 16.3. The van der Waals surface area contributed by atoms with Crippen LogP contribution in [0.2, 0.25) is 0 Å². The largest absolute Gasteiger partial charge is 0.453 e. The van der Waals surface area contributed by atoms with Crippen molar-refractivity contribution in [2.75, 3.05) is 4.90 Å². The summed E-state index contributed by atoms with van der Waals surface area (Å²) in [5.74, 6) is 1.80. The number of aromatic nitrogens is 3. The van der Waals surface area contributed by atoms with Crippen molar-refractivity contribution >= 4 is 49.8 Å². The first-order chi connectivity index (χ1) is 26.8. The zero-order chi connectivity index (χ0) is 35.8. The van der Waals surface area contributed by atoms with Gasteiger partial charge in [-0.3, -0.25) is 0 Å². The van der Waals surface area contributed by atoms with Crippen molar-refractivity contribution in [3.63, 3.8) is 0 Å². The van der Waals surface area contributed by atoms with Gasteiger partial charge in [0, 0.05) is 44.2 Å². The van der Waals surface area contributed by atoms with E-state index in [2.05, 4.69) is 126 Å². The molecule has 254 valence electrons. The molecule has 0 saturated heterocycles. The zero-order valence-electron chi connectivity index (χ0n) is 29.2. The minimum Gasteiger partial charge on any atom is -0.453 e. The summed E-state index contributed by atoms with van der Waals surface area (Å²) in [6, 6.07) is 66.8. The average molecular weight is 693 g/mol. The number of hydrogen-bond donors (Lipinski definition) is 0. The topological polar surface area (TPSA) is 55.1 Å². The minimum absolute atomic E-state index is 0.577. The summed E-state index contributed by atoms with van der Waals surface area (Å²) in [5.41, 5.74) is 9.55. The maximum absolute atomic E-state index is 7.09. The fourth-order valence-electron chi connectivity index (χ4n) is 7.32. The van der Waals surface area contributed by atoms with Crippen LogP contribution in [0.5, 0.6) is 0 Å². The predicted octanol–water partition coefficient (Wildman–Crippen LogP) is 13.1. The molecular formula is C49H32N4O. The Balaban J connectivity index is 1.25. The molecule has 0 atom stereocenters. The molecular weight excluding hydrogens is 661 g/mol. The maximum atomic E-state index is 7.09. The van der Waals surface area contributed by atoms with E-state index in [4.69, 9.17) is 19.4 Å². The van der Waals surface area contributed by atoms with Gasteiger partial charge in [-0.2, -0.15) is 0 Å². The highest BCUT2D eigenvalue weighted by Gasteiger charge is 2.25. The second-order valence-electron chi connectivity index (χ2n) is 13.2. The third-order valence-corrected chi connectivity index (χ3v) is 9.92. The summed E-state index contributed by atoms with van der Waals surface area (Å²) in [6.07, 6.45) is 0. The molecule has 0 aliphatic rings. The van der Waals surface area contributed by atoms with E-state index in [-0.39, 0.29) is 0 Å². The van der Waals surface area contributed by atoms with Crippen LogP contribution in [0.4, 0.5) is 17.1 Å². The van der Waals surface area contributed by atoms with Gasteiger partial charge in [-0.15, -0.1) is 0 Å². The van der Waals surface area contributed by atoms with E-state index in [0.29, 0.717) is 17.5 Å². The lowest BCUT2D eigenvalue weighted by molar-refractivity contribution is 0.673. The lowest BCUT2D eigenvalue weighted by Gasteiger charge is -2.26. The van der Waals surface area contributed by atoms with Crippen LogP contribution >= 0.6 is 0 Å². The van der Waals surface area contributed by atoms with Crippen molar-refractivity contribution in [1.82, 2.24) is 15.0 Å². The lowest BCUT2D eigenvalue weighted by atomic mass is 10.0. The number of nitrogens with zero attached hydrogens (tertiary/aromatic N) is 4. The molecule has 10 rings (SSSR count). The first-order valence-electron chi connectivity index (χ1n) is 18.0. The number of benzene rings is 8. The quantitative estimate of drug-likeness (QED) is 0.166. The first-order valence-corrected chi connectivity index (χ1v) is 18.0. The molecule has 0 N–H and O–H groups in total. The van der Waals surface area contributed by atoms with Gasteiger partial charge in [0.2, 0.25) is 0 Å². The summed E-state index contributed by atoms with van der Waals surface area (Å²) in [6.45, 7) is 0. The highest BCUT2D eigenvalue weighted by Crippen LogP contribution is 2.47. The second-order valence-corrected chi connectivity index (χ2v) is 13.2. The van der Waals surface area contributed by atoms with Gasteiger partial charge in [-0.05, 0) is 59.0 Å². The molecule has 10 aromatic rings. The van der Waals surface area contributed by atoms with Gasteiger partial charge in [0.1, 0.15) is 5.58 Å². The van der Waals surface area contributed by atoms with Crippen LogP contribution in [0, 0.1) is 0 Å². The van der Waals surface area contributed by atoms with Crippen molar-refractivity contribution in [2.45, 2.75) is 0 Å². The molecule has 0 unspecified atom stereocenters. The van der Waals surface area contributed by atoms with Gasteiger partial charge in [-0.25, -0.2) is 15.0 Å². The van der Waals surface area contributed by atoms with Gasteiger partial charge in [0.15, 0.2) is 23.1 Å². The maximum Gasteiger partial charge on any atom is 0.164 e. The zero-order valence-corrected chi connectivity index (χ0v) is 29.2. The SMILES string of the molecule is c1ccc(-c2ccc(N(c3ccccc3)c3ccc(-c4nc(-c5ccccc5)nc(-c5ccccc5)n4)c4c3oc3c5ccccc5ccc34)cc2)cc1. The molecule has 0 aliphatic carbocycles. The van der Waals surface area contributed by atoms with E-state index >= 15 is 0 Å². The summed E-state index contributed by atoms with van der Waals surface area (Å²) in [4.78, 5) is 17.5. The van der Waals surface area contributed by atoms with Gasteiger partial charge in [-0.1, -0.05) is 152 Å². The van der Waals surface area contributed by atoms with Crippen molar-refractivity contribution in [2.24, 2.45) is 0 Å². The first kappa shape index (κ1) is 31.4. The molecule has 0 aliphatic heterocycles. The van der Waals surface area contributed by atoms with Crippen molar-refractivity contribution in [3.05, 3.63) is 194 Å². The second kappa shape index (κ2) is 13.3. The molecule has 0 spiro atoms. The van der Waals surface area contributed by atoms with Crippen LogP contribution in [-0.2, 0) is 0 Å². The number of rotatable bonds is 7. The molecule has 54 heavy (non-hydrogen) atoms. The van der Waals surface area contributed by atoms with Crippen LogP contribution in [0.25, 0.3) is 78.0 Å². The van der Waals surface area contributed by atoms with Gasteiger partial charge >= 0.3 is 0 Å². The molecule has 2 heterocycles. The summed E-state index contributed by atoms with van der Waals surface area (Å²) in [5, 5.41) is 4.10. The highest BCUT2D eigenvalue weighted by molar-refractivity contribution is 6.21. The molecule has 5 heteroatoms. The Hall–Kier alpha value is -7.37. The lowest BCUT2D eigenvalue weighted by Crippen LogP contribution is -2.10. The summed E-state index contributed by atoms with van der Waals surface area (Å²) in [7, 11) is 0. The Kier molecular flexibility index (Phi) is 7.73. The van der Waals surface area contributed by atoms with Gasteiger partial charge < -0.3 is 9.32 Å². The van der Waals surface area contributed by atoms with Crippen molar-refractivity contribution < 1.29 is 4.42 Å². The molecule has 5 nitrogen and oxygen atoms in total. The number of fused-ring (bicyclic) bond motifs is 5. The fourth-order valence-corrected chi connectivity index (χ4v) is 7.32.